The van der Waals surface area contributed by atoms with Crippen LogP contribution in [-0.2, 0) is 11.2 Å². The van der Waals surface area contributed by atoms with E-state index in [2.05, 4.69) is 10.6 Å². The lowest BCUT2D eigenvalue weighted by molar-refractivity contribution is 0.0943. The van der Waals surface area contributed by atoms with E-state index in [9.17, 15) is 9.59 Å². The van der Waals surface area contributed by atoms with Crippen LogP contribution in [0.4, 0.5) is 5.69 Å². The summed E-state index contributed by atoms with van der Waals surface area (Å²) in [7, 11) is 0. The number of hydrogen-bond donors (Lipinski definition) is 2. The molecule has 0 bridgehead atoms. The summed E-state index contributed by atoms with van der Waals surface area (Å²) in [4.78, 5) is 25.3. The minimum atomic E-state index is -0.194. The number of anilines is 1. The van der Waals surface area contributed by atoms with E-state index in [1.807, 2.05) is 61.5 Å². The summed E-state index contributed by atoms with van der Waals surface area (Å²) in [6, 6.07) is 24.6. The van der Waals surface area contributed by atoms with Gasteiger partial charge in [0.25, 0.3) is 11.8 Å². The lowest BCUT2D eigenvalue weighted by Crippen LogP contribution is -2.25. The molecule has 0 unspecified atom stereocenters. The number of hydrogen-bond acceptors (Lipinski definition) is 3. The molecule has 3 aromatic carbocycles. The third kappa shape index (κ3) is 6.79. The normalized spacial score (nSPS) is 10.5. The molecule has 0 radical (unpaired) electrons. The van der Waals surface area contributed by atoms with Crippen molar-refractivity contribution in [3.8, 4) is 0 Å². The highest BCUT2D eigenvalue weighted by molar-refractivity contribution is 6.06. The Labute approximate surface area is 183 Å². The summed E-state index contributed by atoms with van der Waals surface area (Å²) >= 11 is 0. The Hall–Kier alpha value is -3.44. The predicted molar refractivity (Wildman–Crippen MR) is 124 cm³/mol. The zero-order chi connectivity index (χ0) is 21.9. The lowest BCUT2D eigenvalue weighted by Gasteiger charge is -2.11. The quantitative estimate of drug-likeness (QED) is 0.471. The number of ether oxygens (including phenoxy) is 1. The van der Waals surface area contributed by atoms with E-state index < -0.39 is 0 Å². The maximum Gasteiger partial charge on any atom is 0.255 e. The first-order chi connectivity index (χ1) is 15.2. The van der Waals surface area contributed by atoms with Gasteiger partial charge in [-0.25, -0.2) is 0 Å². The third-order valence-corrected chi connectivity index (χ3v) is 4.84. The summed E-state index contributed by atoms with van der Waals surface area (Å²) < 4.78 is 5.27. The SMILES string of the molecule is CCOCCCNC(=O)c1cccc(NC(=O)c2ccccc2Cc2ccccc2)c1. The van der Waals surface area contributed by atoms with Crippen LogP contribution in [0.3, 0.4) is 0 Å². The van der Waals surface area contributed by atoms with Crippen LogP contribution in [0.25, 0.3) is 0 Å². The topological polar surface area (TPSA) is 67.4 Å². The van der Waals surface area contributed by atoms with Gasteiger partial charge in [0.2, 0.25) is 0 Å². The maximum atomic E-state index is 13.0. The van der Waals surface area contributed by atoms with Gasteiger partial charge in [0.05, 0.1) is 0 Å². The van der Waals surface area contributed by atoms with Crippen molar-refractivity contribution in [2.75, 3.05) is 25.1 Å². The first kappa shape index (κ1) is 22.2. The van der Waals surface area contributed by atoms with Gasteiger partial charge in [-0.3, -0.25) is 9.59 Å². The van der Waals surface area contributed by atoms with Crippen LogP contribution in [0.15, 0.2) is 78.9 Å². The minimum absolute atomic E-state index is 0.169. The van der Waals surface area contributed by atoms with Gasteiger partial charge < -0.3 is 15.4 Å². The van der Waals surface area contributed by atoms with Gasteiger partial charge in [0.15, 0.2) is 0 Å². The molecule has 5 heteroatoms. The first-order valence-electron chi connectivity index (χ1n) is 10.6. The average Bonchev–Trinajstić information content (AvgIpc) is 2.80. The summed E-state index contributed by atoms with van der Waals surface area (Å²) in [5.41, 5.74) is 3.81. The fourth-order valence-electron chi connectivity index (χ4n) is 3.27. The van der Waals surface area contributed by atoms with Crippen molar-refractivity contribution in [3.63, 3.8) is 0 Å². The molecular weight excluding hydrogens is 388 g/mol. The second-order valence-electron chi connectivity index (χ2n) is 7.16. The molecule has 0 spiro atoms. The number of carbonyl (C=O) groups excluding carboxylic acids is 2. The first-order valence-corrected chi connectivity index (χ1v) is 10.6. The fraction of sp³-hybridized carbons (Fsp3) is 0.231. The number of amides is 2. The summed E-state index contributed by atoms with van der Waals surface area (Å²) in [6.07, 6.45) is 1.43. The molecule has 31 heavy (non-hydrogen) atoms. The smallest absolute Gasteiger partial charge is 0.255 e. The molecule has 0 atom stereocenters. The molecular formula is C26H28N2O3. The van der Waals surface area contributed by atoms with Crippen LogP contribution in [0, 0.1) is 0 Å². The van der Waals surface area contributed by atoms with Gasteiger partial charge in [-0.1, -0.05) is 54.6 Å². The van der Waals surface area contributed by atoms with Crippen LogP contribution in [-0.4, -0.2) is 31.6 Å². The Morgan fingerprint density at radius 2 is 1.65 bits per heavy atom. The van der Waals surface area contributed by atoms with E-state index in [4.69, 9.17) is 4.74 Å². The molecule has 0 saturated heterocycles. The molecule has 0 saturated carbocycles. The highest BCUT2D eigenvalue weighted by Gasteiger charge is 2.13. The van der Waals surface area contributed by atoms with E-state index in [-0.39, 0.29) is 11.8 Å². The van der Waals surface area contributed by atoms with Crippen molar-refractivity contribution in [2.24, 2.45) is 0 Å². The van der Waals surface area contributed by atoms with E-state index in [1.165, 1.54) is 0 Å². The van der Waals surface area contributed by atoms with Crippen molar-refractivity contribution in [1.29, 1.82) is 0 Å². The zero-order valence-corrected chi connectivity index (χ0v) is 17.8. The molecule has 3 rings (SSSR count). The Balaban J connectivity index is 1.65. The molecule has 2 amide bonds. The maximum absolute atomic E-state index is 13.0. The van der Waals surface area contributed by atoms with Gasteiger partial charge >= 0.3 is 0 Å². The summed E-state index contributed by atoms with van der Waals surface area (Å²) in [5, 5.41) is 5.80. The number of nitrogens with one attached hydrogen (secondary N) is 2. The Bertz CT molecular complexity index is 1000. The van der Waals surface area contributed by atoms with Crippen molar-refractivity contribution >= 4 is 17.5 Å². The molecule has 0 aliphatic rings. The van der Waals surface area contributed by atoms with Crippen molar-refractivity contribution < 1.29 is 14.3 Å². The van der Waals surface area contributed by atoms with Gasteiger partial charge in [-0.2, -0.15) is 0 Å². The predicted octanol–water partition coefficient (Wildman–Crippen LogP) is 4.69. The monoisotopic (exact) mass is 416 g/mol. The largest absolute Gasteiger partial charge is 0.382 e. The van der Waals surface area contributed by atoms with Crippen LogP contribution < -0.4 is 10.6 Å². The molecule has 2 N–H and O–H groups in total. The van der Waals surface area contributed by atoms with Gasteiger partial charge in [-0.15, -0.1) is 0 Å². The van der Waals surface area contributed by atoms with E-state index in [0.717, 1.165) is 17.5 Å². The van der Waals surface area contributed by atoms with E-state index in [1.54, 1.807) is 24.3 Å². The van der Waals surface area contributed by atoms with Gasteiger partial charge in [-0.05, 0) is 55.2 Å². The van der Waals surface area contributed by atoms with Gasteiger partial charge in [0, 0.05) is 36.6 Å². The summed E-state index contributed by atoms with van der Waals surface area (Å²) in [6.45, 7) is 3.78. The standard InChI is InChI=1S/C26H28N2O3/c1-2-31-17-9-16-27-25(29)22-13-8-14-23(19-22)28-26(30)24-15-7-6-12-21(24)18-20-10-4-3-5-11-20/h3-8,10-15,19H,2,9,16-18H2,1H3,(H,27,29)(H,28,30). The van der Waals surface area contributed by atoms with Crippen LogP contribution in [0.1, 0.15) is 45.2 Å². The van der Waals surface area contributed by atoms with Crippen molar-refractivity contribution in [1.82, 2.24) is 5.32 Å². The highest BCUT2D eigenvalue weighted by Crippen LogP contribution is 2.17. The minimum Gasteiger partial charge on any atom is -0.382 e. The van der Waals surface area contributed by atoms with Crippen molar-refractivity contribution in [2.45, 2.75) is 19.8 Å². The second-order valence-corrected chi connectivity index (χ2v) is 7.16. The van der Waals surface area contributed by atoms with Crippen LogP contribution in [0.2, 0.25) is 0 Å². The van der Waals surface area contributed by atoms with Crippen molar-refractivity contribution in [3.05, 3.63) is 101 Å². The molecule has 5 nitrogen and oxygen atoms in total. The Morgan fingerprint density at radius 1 is 0.871 bits per heavy atom. The van der Waals surface area contributed by atoms with E-state index in [0.29, 0.717) is 43.0 Å². The zero-order valence-electron chi connectivity index (χ0n) is 17.8. The fourth-order valence-corrected chi connectivity index (χ4v) is 3.27. The molecule has 0 aliphatic carbocycles. The van der Waals surface area contributed by atoms with Crippen LogP contribution >= 0.6 is 0 Å². The Kier molecular flexibility index (Phi) is 8.38. The van der Waals surface area contributed by atoms with Gasteiger partial charge in [0.1, 0.15) is 0 Å². The highest BCUT2D eigenvalue weighted by atomic mass is 16.5. The number of benzene rings is 3. The molecule has 0 heterocycles. The molecule has 0 aliphatic heterocycles. The third-order valence-electron chi connectivity index (χ3n) is 4.84. The number of carbonyl (C=O) groups is 2. The second kappa shape index (κ2) is 11.7. The molecule has 0 aromatic heterocycles. The lowest BCUT2D eigenvalue weighted by atomic mass is 9.99. The molecule has 0 fully saturated rings. The van der Waals surface area contributed by atoms with Crippen LogP contribution in [0.5, 0.6) is 0 Å². The summed E-state index contributed by atoms with van der Waals surface area (Å²) in [5.74, 6) is -0.363. The average molecular weight is 417 g/mol. The molecule has 160 valence electrons. The van der Waals surface area contributed by atoms with E-state index >= 15 is 0 Å². The Morgan fingerprint density at radius 3 is 2.45 bits per heavy atom. The number of rotatable bonds is 10. The molecule has 3 aromatic rings.